The number of nitrogens with one attached hydrogen (secondary N) is 1. The molecule has 5 nitrogen and oxygen atoms in total. The van der Waals surface area contributed by atoms with E-state index in [1.54, 1.807) is 14.2 Å². The molecule has 3 rings (SSSR count). The number of methoxy groups -OCH3 is 2. The molecular formula is C18H18N2O3. The molecule has 0 radical (unpaired) electrons. The van der Waals surface area contributed by atoms with Gasteiger partial charge in [0.1, 0.15) is 0 Å². The van der Waals surface area contributed by atoms with Crippen LogP contribution in [0.5, 0.6) is 11.5 Å². The van der Waals surface area contributed by atoms with Gasteiger partial charge in [0.2, 0.25) is 5.91 Å². The van der Waals surface area contributed by atoms with Crippen LogP contribution >= 0.6 is 0 Å². The lowest BCUT2D eigenvalue weighted by Gasteiger charge is -2.24. The molecule has 1 N–H and O–H groups in total. The van der Waals surface area contributed by atoms with Crippen molar-refractivity contribution in [3.05, 3.63) is 59.7 Å². The van der Waals surface area contributed by atoms with E-state index in [0.29, 0.717) is 17.9 Å². The predicted octanol–water partition coefficient (Wildman–Crippen LogP) is 2.71. The molecule has 0 fully saturated rings. The van der Waals surface area contributed by atoms with Crippen molar-refractivity contribution in [1.82, 2.24) is 5.43 Å². The molecule has 1 heterocycles. The van der Waals surface area contributed by atoms with Gasteiger partial charge in [-0.2, -0.15) is 5.10 Å². The lowest BCUT2D eigenvalue weighted by molar-refractivity contribution is -0.121. The molecule has 0 bridgehead atoms. The fourth-order valence-electron chi connectivity index (χ4n) is 2.75. The van der Waals surface area contributed by atoms with Gasteiger partial charge in [0.15, 0.2) is 11.5 Å². The van der Waals surface area contributed by atoms with E-state index < -0.39 is 0 Å². The molecule has 118 valence electrons. The van der Waals surface area contributed by atoms with Crippen molar-refractivity contribution in [2.75, 3.05) is 14.2 Å². The largest absolute Gasteiger partial charge is 0.493 e. The smallest absolute Gasteiger partial charge is 0.241 e. The van der Waals surface area contributed by atoms with Crippen LogP contribution < -0.4 is 14.9 Å². The predicted molar refractivity (Wildman–Crippen MR) is 88.0 cm³/mol. The Bertz CT molecular complexity index is 741. The topological polar surface area (TPSA) is 59.9 Å². The van der Waals surface area contributed by atoms with Crippen molar-refractivity contribution in [3.63, 3.8) is 0 Å². The van der Waals surface area contributed by atoms with Crippen LogP contribution in [0.15, 0.2) is 53.6 Å². The molecule has 0 spiro atoms. The number of carbonyl (C=O) groups excluding carboxylic acids is 1. The summed E-state index contributed by atoms with van der Waals surface area (Å²) < 4.78 is 10.6. The van der Waals surface area contributed by atoms with Gasteiger partial charge >= 0.3 is 0 Å². The molecule has 5 heteroatoms. The first-order valence-corrected chi connectivity index (χ1v) is 7.36. The summed E-state index contributed by atoms with van der Waals surface area (Å²) >= 11 is 0. The van der Waals surface area contributed by atoms with Gasteiger partial charge in [0, 0.05) is 12.3 Å². The normalized spacial score (nSPS) is 17.2. The zero-order valence-electron chi connectivity index (χ0n) is 13.1. The summed E-state index contributed by atoms with van der Waals surface area (Å²) in [5.74, 6) is 1.09. The number of hydrazone groups is 1. The number of rotatable bonds is 4. The Kier molecular flexibility index (Phi) is 4.28. The summed E-state index contributed by atoms with van der Waals surface area (Å²) in [4.78, 5) is 11.8. The third kappa shape index (κ3) is 3.04. The lowest BCUT2D eigenvalue weighted by Crippen LogP contribution is -2.32. The van der Waals surface area contributed by atoms with E-state index in [0.717, 1.165) is 16.8 Å². The quantitative estimate of drug-likeness (QED) is 0.944. The number of hydrogen-bond acceptors (Lipinski definition) is 4. The first-order valence-electron chi connectivity index (χ1n) is 7.36. The van der Waals surface area contributed by atoms with Crippen LogP contribution in [-0.4, -0.2) is 25.8 Å². The van der Waals surface area contributed by atoms with Gasteiger partial charge in [-0.15, -0.1) is 0 Å². The van der Waals surface area contributed by atoms with Crippen LogP contribution in [0.4, 0.5) is 0 Å². The molecule has 0 aromatic heterocycles. The molecule has 2 aromatic carbocycles. The Labute approximate surface area is 134 Å². The van der Waals surface area contributed by atoms with Gasteiger partial charge in [0.25, 0.3) is 0 Å². The molecular weight excluding hydrogens is 292 g/mol. The van der Waals surface area contributed by atoms with E-state index in [4.69, 9.17) is 9.47 Å². The second kappa shape index (κ2) is 6.52. The third-order valence-corrected chi connectivity index (χ3v) is 3.90. The minimum Gasteiger partial charge on any atom is -0.493 e. The second-order valence-corrected chi connectivity index (χ2v) is 5.27. The highest BCUT2D eigenvalue weighted by atomic mass is 16.5. The average Bonchev–Trinajstić information content (AvgIpc) is 2.61. The van der Waals surface area contributed by atoms with Crippen LogP contribution in [0.2, 0.25) is 0 Å². The van der Waals surface area contributed by atoms with Crippen LogP contribution in [0.3, 0.4) is 0 Å². The Morgan fingerprint density at radius 3 is 2.48 bits per heavy atom. The molecule has 1 aliphatic heterocycles. The molecule has 1 atom stereocenters. The van der Waals surface area contributed by atoms with Gasteiger partial charge in [-0.3, -0.25) is 4.79 Å². The fourth-order valence-corrected chi connectivity index (χ4v) is 2.75. The summed E-state index contributed by atoms with van der Waals surface area (Å²) in [6, 6.07) is 15.6. The molecule has 1 amide bonds. The highest BCUT2D eigenvalue weighted by molar-refractivity contribution is 6.08. The van der Waals surface area contributed by atoms with Gasteiger partial charge in [0.05, 0.1) is 19.9 Å². The maximum absolute atomic E-state index is 11.8. The van der Waals surface area contributed by atoms with Crippen molar-refractivity contribution in [1.29, 1.82) is 0 Å². The summed E-state index contributed by atoms with van der Waals surface area (Å²) in [6.07, 6.45) is 0.350. The first kappa shape index (κ1) is 15.1. The van der Waals surface area contributed by atoms with Crippen LogP contribution in [0, 0.1) is 0 Å². The second-order valence-electron chi connectivity index (χ2n) is 5.27. The van der Waals surface area contributed by atoms with Crippen molar-refractivity contribution in [3.8, 4) is 11.5 Å². The summed E-state index contributed by atoms with van der Waals surface area (Å²) in [5, 5.41) is 4.28. The summed E-state index contributed by atoms with van der Waals surface area (Å²) in [7, 11) is 3.20. The zero-order valence-corrected chi connectivity index (χ0v) is 13.1. The molecule has 0 saturated heterocycles. The Balaban J connectivity index is 2.03. The van der Waals surface area contributed by atoms with E-state index in [1.165, 1.54) is 0 Å². The molecule has 1 unspecified atom stereocenters. The summed E-state index contributed by atoms with van der Waals surface area (Å²) in [5.41, 5.74) is 5.38. The minimum atomic E-state index is -0.119. The Morgan fingerprint density at radius 2 is 1.78 bits per heavy atom. The first-order chi connectivity index (χ1) is 11.2. The van der Waals surface area contributed by atoms with Gasteiger partial charge in [-0.05, 0) is 23.3 Å². The maximum Gasteiger partial charge on any atom is 0.241 e. The number of amides is 1. The van der Waals surface area contributed by atoms with Gasteiger partial charge in [-0.1, -0.05) is 36.4 Å². The fraction of sp³-hybridized carbons (Fsp3) is 0.222. The highest BCUT2D eigenvalue weighted by Crippen LogP contribution is 2.34. The van der Waals surface area contributed by atoms with E-state index in [-0.39, 0.29) is 11.8 Å². The number of ether oxygens (including phenoxy) is 2. The van der Waals surface area contributed by atoms with E-state index in [9.17, 15) is 4.79 Å². The van der Waals surface area contributed by atoms with Crippen molar-refractivity contribution in [2.24, 2.45) is 5.10 Å². The zero-order chi connectivity index (χ0) is 16.2. The number of nitrogens with zero attached hydrogens (tertiary/aromatic N) is 1. The van der Waals surface area contributed by atoms with Crippen molar-refractivity contribution in [2.45, 2.75) is 12.3 Å². The van der Waals surface area contributed by atoms with Crippen molar-refractivity contribution < 1.29 is 14.3 Å². The van der Waals surface area contributed by atoms with E-state index in [2.05, 4.69) is 10.5 Å². The molecule has 0 aliphatic carbocycles. The SMILES string of the molecule is COc1ccc(C2CC(=O)NN=C2c2ccccc2)cc1OC. The average molecular weight is 310 g/mol. The molecule has 0 saturated carbocycles. The lowest BCUT2D eigenvalue weighted by atomic mass is 9.86. The third-order valence-electron chi connectivity index (χ3n) is 3.90. The number of benzene rings is 2. The standard InChI is InChI=1S/C18H18N2O3/c1-22-15-9-8-13(10-16(15)23-2)14-11-17(21)19-20-18(14)12-6-4-3-5-7-12/h3-10,14H,11H2,1-2H3,(H,19,21). The van der Waals surface area contributed by atoms with E-state index >= 15 is 0 Å². The highest BCUT2D eigenvalue weighted by Gasteiger charge is 2.27. The maximum atomic E-state index is 11.8. The Hall–Kier alpha value is -2.82. The van der Waals surface area contributed by atoms with E-state index in [1.807, 2.05) is 48.5 Å². The van der Waals surface area contributed by atoms with Crippen LogP contribution in [0.25, 0.3) is 0 Å². The van der Waals surface area contributed by atoms with Crippen molar-refractivity contribution >= 4 is 11.6 Å². The molecule has 23 heavy (non-hydrogen) atoms. The van der Waals surface area contributed by atoms with Crippen LogP contribution in [-0.2, 0) is 4.79 Å². The summed E-state index contributed by atoms with van der Waals surface area (Å²) in [6.45, 7) is 0. The van der Waals surface area contributed by atoms with Crippen LogP contribution in [0.1, 0.15) is 23.5 Å². The van der Waals surface area contributed by atoms with Gasteiger partial charge in [-0.25, -0.2) is 5.43 Å². The molecule has 1 aliphatic rings. The number of carbonyl (C=O) groups is 1. The Morgan fingerprint density at radius 1 is 1.04 bits per heavy atom. The molecule has 2 aromatic rings. The minimum absolute atomic E-state index is 0.0931. The number of hydrogen-bond donors (Lipinski definition) is 1. The monoisotopic (exact) mass is 310 g/mol. The van der Waals surface area contributed by atoms with Gasteiger partial charge < -0.3 is 9.47 Å².